The Morgan fingerprint density at radius 2 is 2.07 bits per heavy atom. The maximum Gasteiger partial charge on any atom is 0.253 e. The van der Waals surface area contributed by atoms with Crippen LogP contribution in [0.2, 0.25) is 0 Å². The Morgan fingerprint density at radius 1 is 1.43 bits per heavy atom. The van der Waals surface area contributed by atoms with Crippen LogP contribution in [0.4, 0.5) is 0 Å². The third kappa shape index (κ3) is 1.74. The van der Waals surface area contributed by atoms with Crippen molar-refractivity contribution in [1.29, 1.82) is 0 Å². The standard InChI is InChI=1S/C10H11NO3/c1-11(2)10(14)7-3-8(5-12)9(4-7)6-13/h3-6,12H,1-2H3/b8-5+. The molecule has 0 aromatic carbocycles. The average molecular weight is 193 g/mol. The van der Waals surface area contributed by atoms with E-state index in [4.69, 9.17) is 5.11 Å². The molecule has 14 heavy (non-hydrogen) atoms. The monoisotopic (exact) mass is 193 g/mol. The predicted molar refractivity (Wildman–Crippen MR) is 51.6 cm³/mol. The van der Waals surface area contributed by atoms with Gasteiger partial charge in [0, 0.05) is 30.8 Å². The van der Waals surface area contributed by atoms with Crippen LogP contribution in [0.15, 0.2) is 35.1 Å². The molecule has 0 fully saturated rings. The highest BCUT2D eigenvalue weighted by molar-refractivity contribution is 6.01. The summed E-state index contributed by atoms with van der Waals surface area (Å²) >= 11 is 0. The summed E-state index contributed by atoms with van der Waals surface area (Å²) < 4.78 is 0. The molecule has 1 amide bonds. The van der Waals surface area contributed by atoms with Crippen LogP contribution in [0.25, 0.3) is 0 Å². The Labute approximate surface area is 81.8 Å². The van der Waals surface area contributed by atoms with Crippen molar-refractivity contribution in [3.05, 3.63) is 35.1 Å². The van der Waals surface area contributed by atoms with E-state index >= 15 is 0 Å². The second-order valence-electron chi connectivity index (χ2n) is 3.10. The van der Waals surface area contributed by atoms with Gasteiger partial charge in [0.05, 0.1) is 6.26 Å². The molecule has 4 heteroatoms. The van der Waals surface area contributed by atoms with Gasteiger partial charge >= 0.3 is 0 Å². The second kappa shape index (κ2) is 3.91. The van der Waals surface area contributed by atoms with Crippen LogP contribution in [-0.2, 0) is 9.59 Å². The van der Waals surface area contributed by atoms with Gasteiger partial charge in [-0.15, -0.1) is 0 Å². The van der Waals surface area contributed by atoms with E-state index in [0.29, 0.717) is 23.0 Å². The first-order valence-electron chi connectivity index (χ1n) is 4.05. The summed E-state index contributed by atoms with van der Waals surface area (Å²) in [5, 5.41) is 8.77. The van der Waals surface area contributed by atoms with Crippen molar-refractivity contribution in [2.24, 2.45) is 0 Å². The molecular formula is C10H11NO3. The fraction of sp³-hybridized carbons (Fsp3) is 0.200. The quantitative estimate of drug-likeness (QED) is 0.515. The number of likely N-dealkylation sites (N-methyl/N-ethyl adjacent to an activating group) is 1. The molecular weight excluding hydrogens is 182 g/mol. The van der Waals surface area contributed by atoms with Crippen molar-refractivity contribution in [3.8, 4) is 0 Å². The minimum absolute atomic E-state index is 0.193. The van der Waals surface area contributed by atoms with E-state index in [2.05, 4.69) is 0 Å². The predicted octanol–water partition coefficient (Wildman–Crippen LogP) is 0.582. The van der Waals surface area contributed by atoms with Crippen LogP contribution >= 0.6 is 0 Å². The first-order chi connectivity index (χ1) is 6.60. The van der Waals surface area contributed by atoms with Gasteiger partial charge in [-0.3, -0.25) is 9.59 Å². The number of aliphatic hydroxyl groups is 1. The lowest BCUT2D eigenvalue weighted by Gasteiger charge is -2.08. The van der Waals surface area contributed by atoms with E-state index < -0.39 is 0 Å². The number of amides is 1. The summed E-state index contributed by atoms with van der Waals surface area (Å²) in [6, 6.07) is 0. The van der Waals surface area contributed by atoms with E-state index in [-0.39, 0.29) is 5.91 Å². The highest BCUT2D eigenvalue weighted by atomic mass is 16.2. The summed E-state index contributed by atoms with van der Waals surface area (Å²) in [5.74, 6) is -0.193. The van der Waals surface area contributed by atoms with Gasteiger partial charge in [0.25, 0.3) is 5.91 Å². The number of aldehydes is 1. The van der Waals surface area contributed by atoms with Gasteiger partial charge in [0.1, 0.15) is 0 Å². The molecule has 0 unspecified atom stereocenters. The minimum Gasteiger partial charge on any atom is -0.515 e. The first-order valence-corrected chi connectivity index (χ1v) is 4.05. The summed E-state index contributed by atoms with van der Waals surface area (Å²) in [6.07, 6.45) is 4.36. The Kier molecular flexibility index (Phi) is 2.86. The Bertz CT molecular complexity index is 362. The van der Waals surface area contributed by atoms with E-state index in [1.165, 1.54) is 17.1 Å². The lowest BCUT2D eigenvalue weighted by Crippen LogP contribution is -2.22. The van der Waals surface area contributed by atoms with Gasteiger partial charge in [0.15, 0.2) is 6.29 Å². The molecule has 4 nitrogen and oxygen atoms in total. The van der Waals surface area contributed by atoms with E-state index in [1.54, 1.807) is 14.1 Å². The molecule has 0 atom stereocenters. The summed E-state index contributed by atoms with van der Waals surface area (Å²) in [6.45, 7) is 0. The third-order valence-corrected chi connectivity index (χ3v) is 1.87. The molecule has 1 aliphatic rings. The third-order valence-electron chi connectivity index (χ3n) is 1.87. The number of nitrogens with zero attached hydrogens (tertiary/aromatic N) is 1. The maximum absolute atomic E-state index is 11.5. The van der Waals surface area contributed by atoms with Gasteiger partial charge < -0.3 is 10.0 Å². The van der Waals surface area contributed by atoms with Crippen LogP contribution in [0.3, 0.4) is 0 Å². The molecule has 0 spiro atoms. The van der Waals surface area contributed by atoms with Gasteiger partial charge in [-0.25, -0.2) is 0 Å². The van der Waals surface area contributed by atoms with Crippen LogP contribution in [0, 0.1) is 0 Å². The van der Waals surface area contributed by atoms with Crippen LogP contribution in [0.1, 0.15) is 0 Å². The van der Waals surface area contributed by atoms with Gasteiger partial charge in [-0.05, 0) is 12.2 Å². The molecule has 74 valence electrons. The zero-order valence-electron chi connectivity index (χ0n) is 8.02. The van der Waals surface area contributed by atoms with E-state index in [1.807, 2.05) is 0 Å². The first kappa shape index (κ1) is 10.2. The second-order valence-corrected chi connectivity index (χ2v) is 3.10. The molecule has 1 aliphatic carbocycles. The Morgan fingerprint density at radius 3 is 2.43 bits per heavy atom. The topological polar surface area (TPSA) is 57.6 Å². The molecule has 0 radical (unpaired) electrons. The van der Waals surface area contributed by atoms with Gasteiger partial charge in [0.2, 0.25) is 0 Å². The number of aliphatic hydroxyl groups excluding tert-OH is 1. The lowest BCUT2D eigenvalue weighted by atomic mass is 10.2. The molecule has 0 saturated carbocycles. The van der Waals surface area contributed by atoms with Crippen molar-refractivity contribution in [2.45, 2.75) is 0 Å². The highest BCUT2D eigenvalue weighted by Crippen LogP contribution is 2.22. The van der Waals surface area contributed by atoms with E-state index in [9.17, 15) is 9.59 Å². The van der Waals surface area contributed by atoms with Gasteiger partial charge in [-0.2, -0.15) is 0 Å². The molecule has 0 aliphatic heterocycles. The fourth-order valence-electron chi connectivity index (χ4n) is 1.14. The summed E-state index contributed by atoms with van der Waals surface area (Å²) in [5.41, 5.74) is 1.08. The van der Waals surface area contributed by atoms with Crippen LogP contribution in [-0.4, -0.2) is 36.3 Å². The minimum atomic E-state index is -0.193. The highest BCUT2D eigenvalue weighted by Gasteiger charge is 2.18. The number of carbonyl (C=O) groups is 2. The smallest absolute Gasteiger partial charge is 0.253 e. The van der Waals surface area contributed by atoms with Gasteiger partial charge in [-0.1, -0.05) is 0 Å². The summed E-state index contributed by atoms with van der Waals surface area (Å²) in [4.78, 5) is 23.4. The summed E-state index contributed by atoms with van der Waals surface area (Å²) in [7, 11) is 3.25. The van der Waals surface area contributed by atoms with Crippen molar-refractivity contribution in [2.75, 3.05) is 14.1 Å². The zero-order valence-corrected chi connectivity index (χ0v) is 8.02. The lowest BCUT2D eigenvalue weighted by molar-refractivity contribution is -0.124. The number of hydrogen-bond donors (Lipinski definition) is 1. The maximum atomic E-state index is 11.5. The molecule has 0 saturated heterocycles. The molecule has 1 rings (SSSR count). The van der Waals surface area contributed by atoms with Crippen molar-refractivity contribution in [3.63, 3.8) is 0 Å². The van der Waals surface area contributed by atoms with E-state index in [0.717, 1.165) is 6.26 Å². The van der Waals surface area contributed by atoms with Crippen LogP contribution < -0.4 is 0 Å². The normalized spacial score (nSPS) is 17.7. The largest absolute Gasteiger partial charge is 0.515 e. The number of allylic oxidation sites excluding steroid dienone is 3. The SMILES string of the molecule is CN(C)C(=O)C1=C/C(=C\O)C(C=O)=C1. The molecule has 0 aromatic rings. The number of hydrogen-bond acceptors (Lipinski definition) is 3. The molecule has 0 aromatic heterocycles. The van der Waals surface area contributed by atoms with Crippen molar-refractivity contribution >= 4 is 12.2 Å². The molecule has 0 heterocycles. The fourth-order valence-corrected chi connectivity index (χ4v) is 1.14. The van der Waals surface area contributed by atoms with Crippen molar-refractivity contribution < 1.29 is 14.7 Å². The zero-order chi connectivity index (χ0) is 10.7. The number of carbonyl (C=O) groups excluding carboxylic acids is 2. The Balaban J connectivity index is 3.01. The number of rotatable bonds is 2. The average Bonchev–Trinajstić information content (AvgIpc) is 2.59. The van der Waals surface area contributed by atoms with Crippen molar-refractivity contribution in [1.82, 2.24) is 4.90 Å². The molecule has 1 N–H and O–H groups in total. The molecule has 0 bridgehead atoms. The van der Waals surface area contributed by atoms with Crippen LogP contribution in [0.5, 0.6) is 0 Å². The Hall–Kier alpha value is -1.84.